The summed E-state index contributed by atoms with van der Waals surface area (Å²) < 4.78 is 7.57. The summed E-state index contributed by atoms with van der Waals surface area (Å²) in [7, 11) is 1.72. The van der Waals surface area contributed by atoms with Gasteiger partial charge in [-0.1, -0.05) is 48.5 Å². The number of aliphatic carboxylic acids is 1. The third-order valence-corrected chi connectivity index (χ3v) is 5.82. The van der Waals surface area contributed by atoms with Crippen LogP contribution in [0.15, 0.2) is 59.3 Å². The third kappa shape index (κ3) is 3.95. The van der Waals surface area contributed by atoms with Crippen LogP contribution in [0, 0.1) is 0 Å². The molecule has 4 rings (SSSR count). The Morgan fingerprint density at radius 2 is 1.77 bits per heavy atom. The molecule has 1 heterocycles. The molecule has 0 unspecified atom stereocenters. The molecule has 8 heteroatoms. The summed E-state index contributed by atoms with van der Waals surface area (Å²) in [6, 6.07) is 15.4. The number of rotatable bonds is 6. The van der Waals surface area contributed by atoms with Crippen molar-refractivity contribution in [1.29, 1.82) is 0 Å². The number of fused-ring (bicyclic) bond motifs is 3. The number of nitrogens with one attached hydrogen (secondary N) is 1. The summed E-state index contributed by atoms with van der Waals surface area (Å²) in [6.45, 7) is 0.161. The SMILES string of the molecule is Cn1cc([C@H](CC(=O)O)NC(=O)OCC2c3ccccc3-c3ccccc32)c(Br)n1. The summed E-state index contributed by atoms with van der Waals surface area (Å²) in [6.07, 6.45) is 0.717. The largest absolute Gasteiger partial charge is 0.481 e. The summed E-state index contributed by atoms with van der Waals surface area (Å²) in [4.78, 5) is 23.8. The van der Waals surface area contributed by atoms with E-state index in [-0.39, 0.29) is 18.9 Å². The van der Waals surface area contributed by atoms with Crippen molar-refractivity contribution >= 4 is 28.0 Å². The van der Waals surface area contributed by atoms with E-state index in [1.165, 1.54) is 0 Å². The van der Waals surface area contributed by atoms with Gasteiger partial charge in [-0.15, -0.1) is 0 Å². The van der Waals surface area contributed by atoms with Gasteiger partial charge in [0.1, 0.15) is 11.2 Å². The van der Waals surface area contributed by atoms with E-state index in [4.69, 9.17) is 4.74 Å². The number of carboxylic acids is 1. The van der Waals surface area contributed by atoms with E-state index < -0.39 is 18.1 Å². The monoisotopic (exact) mass is 469 g/mol. The molecule has 0 radical (unpaired) electrons. The van der Waals surface area contributed by atoms with Crippen LogP contribution in [0.5, 0.6) is 0 Å². The molecular weight excluding hydrogens is 450 g/mol. The predicted octanol–water partition coefficient (Wildman–Crippen LogP) is 4.24. The van der Waals surface area contributed by atoms with Crippen molar-refractivity contribution in [2.75, 3.05) is 6.61 Å². The van der Waals surface area contributed by atoms with Gasteiger partial charge in [-0.2, -0.15) is 5.10 Å². The van der Waals surface area contributed by atoms with Crippen LogP contribution in [-0.2, 0) is 16.6 Å². The maximum Gasteiger partial charge on any atom is 0.407 e. The fourth-order valence-corrected chi connectivity index (χ4v) is 4.54. The number of carboxylic acid groups (broad SMARTS) is 1. The minimum atomic E-state index is -1.03. The number of benzene rings is 2. The van der Waals surface area contributed by atoms with E-state index in [1.54, 1.807) is 17.9 Å². The van der Waals surface area contributed by atoms with Crippen molar-refractivity contribution in [3.05, 3.63) is 76.0 Å². The van der Waals surface area contributed by atoms with E-state index in [1.807, 2.05) is 36.4 Å². The number of carbonyl (C=O) groups excluding carboxylic acids is 1. The lowest BCUT2D eigenvalue weighted by Gasteiger charge is -2.18. The van der Waals surface area contributed by atoms with Crippen LogP contribution in [0.3, 0.4) is 0 Å². The zero-order chi connectivity index (χ0) is 21.3. The van der Waals surface area contributed by atoms with E-state index >= 15 is 0 Å². The fraction of sp³-hybridized carbons (Fsp3) is 0.227. The Balaban J connectivity index is 1.49. The second-order valence-corrected chi connectivity index (χ2v) is 7.92. The highest BCUT2D eigenvalue weighted by Gasteiger charge is 2.30. The molecule has 2 N–H and O–H groups in total. The van der Waals surface area contributed by atoms with E-state index in [0.29, 0.717) is 10.2 Å². The smallest absolute Gasteiger partial charge is 0.407 e. The first-order valence-electron chi connectivity index (χ1n) is 9.46. The lowest BCUT2D eigenvalue weighted by Crippen LogP contribution is -2.31. The highest BCUT2D eigenvalue weighted by atomic mass is 79.9. The van der Waals surface area contributed by atoms with Gasteiger partial charge in [0.05, 0.1) is 12.5 Å². The molecule has 2 aromatic carbocycles. The maximum atomic E-state index is 12.5. The molecule has 0 saturated carbocycles. The predicted molar refractivity (Wildman–Crippen MR) is 114 cm³/mol. The van der Waals surface area contributed by atoms with Crippen LogP contribution in [0.2, 0.25) is 0 Å². The van der Waals surface area contributed by atoms with Gasteiger partial charge in [0.25, 0.3) is 0 Å². The molecule has 30 heavy (non-hydrogen) atoms. The second kappa shape index (κ2) is 8.31. The topological polar surface area (TPSA) is 93.5 Å². The molecule has 1 amide bonds. The van der Waals surface area contributed by atoms with Gasteiger partial charge in [-0.3, -0.25) is 9.48 Å². The molecule has 0 bridgehead atoms. The molecule has 154 valence electrons. The number of hydrogen-bond acceptors (Lipinski definition) is 4. The minimum absolute atomic E-state index is 0.0637. The normalized spacial score (nSPS) is 13.4. The lowest BCUT2D eigenvalue weighted by atomic mass is 9.98. The van der Waals surface area contributed by atoms with Gasteiger partial charge in [0, 0.05) is 24.7 Å². The third-order valence-electron chi connectivity index (χ3n) is 5.20. The van der Waals surface area contributed by atoms with E-state index in [0.717, 1.165) is 22.3 Å². The zero-order valence-corrected chi connectivity index (χ0v) is 17.8. The number of aryl methyl sites for hydroxylation is 1. The average Bonchev–Trinajstić information content (AvgIpc) is 3.22. The molecule has 1 aromatic heterocycles. The molecule has 3 aromatic rings. The number of ether oxygens (including phenoxy) is 1. The molecule has 1 atom stereocenters. The fourth-order valence-electron chi connectivity index (χ4n) is 3.91. The Morgan fingerprint density at radius 1 is 1.17 bits per heavy atom. The van der Waals surface area contributed by atoms with Gasteiger partial charge in [-0.05, 0) is 38.2 Å². The van der Waals surface area contributed by atoms with Gasteiger partial charge in [0.2, 0.25) is 0 Å². The van der Waals surface area contributed by atoms with Crippen LogP contribution in [0.4, 0.5) is 4.79 Å². The van der Waals surface area contributed by atoms with E-state index in [9.17, 15) is 14.7 Å². The molecule has 7 nitrogen and oxygen atoms in total. The highest BCUT2D eigenvalue weighted by Crippen LogP contribution is 2.44. The zero-order valence-electron chi connectivity index (χ0n) is 16.2. The van der Waals surface area contributed by atoms with Gasteiger partial charge >= 0.3 is 12.1 Å². The number of nitrogens with zero attached hydrogens (tertiary/aromatic N) is 2. The van der Waals surface area contributed by atoms with Gasteiger partial charge < -0.3 is 15.2 Å². The number of amides is 1. The molecule has 0 aliphatic heterocycles. The molecular formula is C22H20BrN3O4. The van der Waals surface area contributed by atoms with Crippen molar-refractivity contribution in [2.45, 2.75) is 18.4 Å². The summed E-state index contributed by atoms with van der Waals surface area (Å²) in [5, 5.41) is 16.1. The maximum absolute atomic E-state index is 12.5. The molecule has 0 spiro atoms. The summed E-state index contributed by atoms with van der Waals surface area (Å²) >= 11 is 3.31. The van der Waals surface area contributed by atoms with Crippen LogP contribution in [-0.4, -0.2) is 33.6 Å². The Labute approximate surface area is 181 Å². The Kier molecular flexibility index (Phi) is 5.59. The standard InChI is InChI=1S/C22H20BrN3O4/c1-26-11-17(21(23)25-26)19(10-20(27)28)24-22(29)30-12-18-15-8-4-2-6-13(15)14-7-3-5-9-16(14)18/h2-9,11,18-19H,10,12H2,1H3,(H,24,29)(H,27,28)/t19-/m0/s1. The molecule has 0 saturated heterocycles. The average molecular weight is 470 g/mol. The number of alkyl carbamates (subject to hydrolysis) is 1. The first-order chi connectivity index (χ1) is 14.4. The van der Waals surface area contributed by atoms with Crippen molar-refractivity contribution in [2.24, 2.45) is 7.05 Å². The minimum Gasteiger partial charge on any atom is -0.481 e. The Morgan fingerprint density at radius 3 is 2.30 bits per heavy atom. The summed E-state index contributed by atoms with van der Waals surface area (Å²) in [5.74, 6) is -1.10. The van der Waals surface area contributed by atoms with Crippen molar-refractivity contribution < 1.29 is 19.4 Å². The number of hydrogen-bond donors (Lipinski definition) is 2. The highest BCUT2D eigenvalue weighted by molar-refractivity contribution is 9.10. The molecule has 0 fully saturated rings. The molecule has 1 aliphatic carbocycles. The Bertz CT molecular complexity index is 1070. The van der Waals surface area contributed by atoms with Crippen molar-refractivity contribution in [3.8, 4) is 11.1 Å². The van der Waals surface area contributed by atoms with Crippen LogP contribution in [0.25, 0.3) is 11.1 Å². The van der Waals surface area contributed by atoms with E-state index in [2.05, 4.69) is 38.5 Å². The number of aromatic nitrogens is 2. The van der Waals surface area contributed by atoms with Crippen molar-refractivity contribution in [1.82, 2.24) is 15.1 Å². The first-order valence-corrected chi connectivity index (χ1v) is 10.3. The molecule has 1 aliphatic rings. The second-order valence-electron chi connectivity index (χ2n) is 7.17. The van der Waals surface area contributed by atoms with Crippen LogP contribution >= 0.6 is 15.9 Å². The van der Waals surface area contributed by atoms with Crippen LogP contribution in [0.1, 0.15) is 35.1 Å². The number of halogens is 1. The van der Waals surface area contributed by atoms with Gasteiger partial charge in [0.15, 0.2) is 0 Å². The van der Waals surface area contributed by atoms with Crippen LogP contribution < -0.4 is 5.32 Å². The quantitative estimate of drug-likeness (QED) is 0.562. The first kappa shape index (κ1) is 20.2. The Hall–Kier alpha value is -3.13. The lowest BCUT2D eigenvalue weighted by molar-refractivity contribution is -0.137. The summed E-state index contributed by atoms with van der Waals surface area (Å²) in [5.41, 5.74) is 5.09. The van der Waals surface area contributed by atoms with Gasteiger partial charge in [-0.25, -0.2) is 4.79 Å². The number of carbonyl (C=O) groups is 2. The van der Waals surface area contributed by atoms with Crippen molar-refractivity contribution in [3.63, 3.8) is 0 Å².